The molecule has 1 fully saturated rings. The summed E-state index contributed by atoms with van der Waals surface area (Å²) >= 11 is 0. The maximum Gasteiger partial charge on any atom is 0.243 e. The summed E-state index contributed by atoms with van der Waals surface area (Å²) in [5.74, 6) is -0.323. The van der Waals surface area contributed by atoms with Gasteiger partial charge in [0.05, 0.1) is 15.3 Å². The van der Waals surface area contributed by atoms with Crippen LogP contribution < -0.4 is 5.14 Å². The average Bonchev–Trinajstić information content (AvgIpc) is 2.76. The van der Waals surface area contributed by atoms with E-state index in [1.54, 1.807) is 24.4 Å². The Kier molecular flexibility index (Phi) is 5.79. The number of nitrogens with two attached hydrogens (primary N) is 1. The second kappa shape index (κ2) is 8.24. The van der Waals surface area contributed by atoms with Gasteiger partial charge in [-0.15, -0.1) is 0 Å². The smallest absolute Gasteiger partial charge is 0.243 e. The van der Waals surface area contributed by atoms with Crippen molar-refractivity contribution >= 4 is 30.9 Å². The predicted octanol–water partition coefficient (Wildman–Crippen LogP) is 1.53. The van der Waals surface area contributed by atoms with Crippen molar-refractivity contribution in [2.24, 2.45) is 5.14 Å². The Labute approximate surface area is 180 Å². The van der Waals surface area contributed by atoms with Crippen LogP contribution in [0, 0.1) is 5.82 Å². The van der Waals surface area contributed by atoms with Gasteiger partial charge < -0.3 is 0 Å². The quantitative estimate of drug-likeness (QED) is 0.613. The molecule has 0 aliphatic carbocycles. The zero-order valence-electron chi connectivity index (χ0n) is 16.5. The molecule has 0 unspecified atom stereocenters. The summed E-state index contributed by atoms with van der Waals surface area (Å²) in [7, 11) is -7.64. The van der Waals surface area contributed by atoms with Gasteiger partial charge in [0, 0.05) is 44.3 Å². The van der Waals surface area contributed by atoms with Gasteiger partial charge in [-0.05, 0) is 48.0 Å². The van der Waals surface area contributed by atoms with E-state index in [0.29, 0.717) is 30.5 Å². The van der Waals surface area contributed by atoms with E-state index in [2.05, 4.69) is 9.88 Å². The SMILES string of the molecule is NS(=O)(=O)c1ccc(S(=O)(=O)N2CCN(Cc3ccc(F)c4cccnc34)CC2)cc1. The Morgan fingerprint density at radius 2 is 1.55 bits per heavy atom. The van der Waals surface area contributed by atoms with Crippen molar-refractivity contribution in [3.05, 3.63) is 66.1 Å². The molecule has 0 radical (unpaired) electrons. The fraction of sp³-hybridized carbons (Fsp3) is 0.250. The van der Waals surface area contributed by atoms with Crippen LogP contribution >= 0.6 is 0 Å². The van der Waals surface area contributed by atoms with Crippen LogP contribution in [0.15, 0.2) is 64.5 Å². The Morgan fingerprint density at radius 1 is 0.903 bits per heavy atom. The van der Waals surface area contributed by atoms with Crippen LogP contribution in [-0.4, -0.2) is 57.2 Å². The highest BCUT2D eigenvalue weighted by Gasteiger charge is 2.29. The van der Waals surface area contributed by atoms with E-state index in [0.717, 1.165) is 5.56 Å². The number of halogens is 1. The molecule has 0 amide bonds. The van der Waals surface area contributed by atoms with E-state index in [9.17, 15) is 21.2 Å². The molecule has 1 aliphatic rings. The third-order valence-electron chi connectivity index (χ3n) is 5.32. The summed E-state index contributed by atoms with van der Waals surface area (Å²) in [5, 5.41) is 5.52. The Morgan fingerprint density at radius 3 is 2.19 bits per heavy atom. The molecular weight excluding hydrogens is 443 g/mol. The monoisotopic (exact) mass is 464 g/mol. The van der Waals surface area contributed by atoms with Gasteiger partial charge in [0.25, 0.3) is 0 Å². The number of hydrogen-bond acceptors (Lipinski definition) is 6. The summed E-state index contributed by atoms with van der Waals surface area (Å²) in [4.78, 5) is 6.27. The third-order valence-corrected chi connectivity index (χ3v) is 8.16. The van der Waals surface area contributed by atoms with E-state index >= 15 is 0 Å². The number of benzene rings is 2. The molecule has 0 bridgehead atoms. The Bertz CT molecular complexity index is 1320. The molecule has 2 heterocycles. The summed E-state index contributed by atoms with van der Waals surface area (Å²) < 4.78 is 63.9. The lowest BCUT2D eigenvalue weighted by molar-refractivity contribution is 0.182. The second-order valence-corrected chi connectivity index (χ2v) is 10.8. The fourth-order valence-corrected chi connectivity index (χ4v) is 5.58. The lowest BCUT2D eigenvalue weighted by atomic mass is 10.1. The summed E-state index contributed by atoms with van der Waals surface area (Å²) in [6.07, 6.45) is 1.62. The Balaban J connectivity index is 1.46. The van der Waals surface area contributed by atoms with Gasteiger partial charge in [0.15, 0.2) is 0 Å². The normalized spacial score (nSPS) is 16.6. The zero-order valence-corrected chi connectivity index (χ0v) is 18.1. The average molecular weight is 465 g/mol. The minimum atomic E-state index is -3.89. The van der Waals surface area contributed by atoms with Crippen molar-refractivity contribution in [2.45, 2.75) is 16.3 Å². The lowest BCUT2D eigenvalue weighted by Crippen LogP contribution is -2.48. The summed E-state index contributed by atoms with van der Waals surface area (Å²) in [5.41, 5.74) is 1.49. The fourth-order valence-electron chi connectivity index (χ4n) is 3.64. The van der Waals surface area contributed by atoms with E-state index < -0.39 is 20.0 Å². The molecule has 0 saturated carbocycles. The van der Waals surface area contributed by atoms with Crippen molar-refractivity contribution in [2.75, 3.05) is 26.2 Å². The van der Waals surface area contributed by atoms with Crippen molar-refractivity contribution in [1.82, 2.24) is 14.2 Å². The highest BCUT2D eigenvalue weighted by Crippen LogP contribution is 2.23. The molecule has 2 aromatic carbocycles. The maximum absolute atomic E-state index is 14.0. The van der Waals surface area contributed by atoms with Crippen LogP contribution in [0.1, 0.15) is 5.56 Å². The van der Waals surface area contributed by atoms with E-state index in [1.807, 2.05) is 0 Å². The van der Waals surface area contributed by atoms with Gasteiger partial charge in [0.2, 0.25) is 20.0 Å². The maximum atomic E-state index is 14.0. The minimum absolute atomic E-state index is 0.0158. The summed E-state index contributed by atoms with van der Waals surface area (Å²) in [6.45, 7) is 2.10. The van der Waals surface area contributed by atoms with E-state index in [1.165, 1.54) is 34.6 Å². The number of sulfonamides is 2. The molecule has 1 saturated heterocycles. The van der Waals surface area contributed by atoms with Crippen LogP contribution in [-0.2, 0) is 26.6 Å². The van der Waals surface area contributed by atoms with Crippen LogP contribution in [0.4, 0.5) is 4.39 Å². The molecule has 1 aromatic heterocycles. The first-order valence-electron chi connectivity index (χ1n) is 9.54. The molecule has 3 aromatic rings. The molecule has 8 nitrogen and oxygen atoms in total. The highest BCUT2D eigenvalue weighted by atomic mass is 32.2. The number of primary sulfonamides is 1. The first-order valence-corrected chi connectivity index (χ1v) is 12.5. The molecule has 0 atom stereocenters. The number of aromatic nitrogens is 1. The number of pyridine rings is 1. The van der Waals surface area contributed by atoms with Gasteiger partial charge in [-0.3, -0.25) is 9.88 Å². The second-order valence-electron chi connectivity index (χ2n) is 7.30. The van der Waals surface area contributed by atoms with Crippen LogP contribution in [0.5, 0.6) is 0 Å². The lowest BCUT2D eigenvalue weighted by Gasteiger charge is -2.34. The van der Waals surface area contributed by atoms with E-state index in [4.69, 9.17) is 5.14 Å². The van der Waals surface area contributed by atoms with Crippen molar-refractivity contribution in [3.63, 3.8) is 0 Å². The van der Waals surface area contributed by atoms with Gasteiger partial charge in [-0.2, -0.15) is 4.31 Å². The molecule has 164 valence electrons. The highest BCUT2D eigenvalue weighted by molar-refractivity contribution is 7.89. The standard InChI is InChI=1S/C20H21FN4O4S2/c21-19-8-3-15(20-18(19)2-1-9-23-20)14-24-10-12-25(13-11-24)31(28,29)17-6-4-16(5-7-17)30(22,26)27/h1-9H,10-14H2,(H2,22,26,27). The molecule has 4 rings (SSSR count). The Hall–Kier alpha value is -2.44. The topological polar surface area (TPSA) is 114 Å². The molecule has 1 aliphatic heterocycles. The predicted molar refractivity (Wildman–Crippen MR) is 114 cm³/mol. The number of nitrogens with zero attached hydrogens (tertiary/aromatic N) is 3. The first-order chi connectivity index (χ1) is 14.7. The van der Waals surface area contributed by atoms with Crippen molar-refractivity contribution in [1.29, 1.82) is 0 Å². The van der Waals surface area contributed by atoms with Crippen LogP contribution in [0.25, 0.3) is 10.9 Å². The molecule has 11 heteroatoms. The van der Waals surface area contributed by atoms with Gasteiger partial charge in [-0.1, -0.05) is 6.07 Å². The third kappa shape index (κ3) is 4.46. The first kappa shape index (κ1) is 21.8. The number of fused-ring (bicyclic) bond motifs is 1. The molecule has 31 heavy (non-hydrogen) atoms. The van der Waals surface area contributed by atoms with E-state index in [-0.39, 0.29) is 28.7 Å². The number of hydrogen-bond donors (Lipinski definition) is 1. The van der Waals surface area contributed by atoms with Gasteiger partial charge >= 0.3 is 0 Å². The minimum Gasteiger partial charge on any atom is -0.296 e. The van der Waals surface area contributed by atoms with Crippen LogP contribution in [0.2, 0.25) is 0 Å². The number of rotatable bonds is 5. The zero-order chi connectivity index (χ0) is 22.2. The van der Waals surface area contributed by atoms with Crippen molar-refractivity contribution in [3.8, 4) is 0 Å². The molecule has 2 N–H and O–H groups in total. The van der Waals surface area contributed by atoms with Crippen molar-refractivity contribution < 1.29 is 21.2 Å². The largest absolute Gasteiger partial charge is 0.296 e. The summed E-state index contributed by atoms with van der Waals surface area (Å²) in [6, 6.07) is 11.4. The molecule has 0 spiro atoms. The number of piperazine rings is 1. The van der Waals surface area contributed by atoms with Gasteiger partial charge in [0.1, 0.15) is 5.82 Å². The van der Waals surface area contributed by atoms with Crippen LogP contribution in [0.3, 0.4) is 0 Å². The molecular formula is C20H21FN4O4S2. The van der Waals surface area contributed by atoms with Gasteiger partial charge in [-0.25, -0.2) is 26.4 Å².